The van der Waals surface area contributed by atoms with Crippen molar-refractivity contribution in [1.82, 2.24) is 10.2 Å². The highest BCUT2D eigenvalue weighted by molar-refractivity contribution is 6.35. The van der Waals surface area contributed by atoms with Gasteiger partial charge in [0.1, 0.15) is 0 Å². The lowest BCUT2D eigenvalue weighted by atomic mass is 10.00. The number of carbonyl (C=O) groups excluding carboxylic acids is 1. The van der Waals surface area contributed by atoms with E-state index in [1.807, 2.05) is 19.1 Å². The Kier molecular flexibility index (Phi) is 5.44. The van der Waals surface area contributed by atoms with Crippen molar-refractivity contribution in [1.29, 1.82) is 0 Å². The number of hydrogen-bond donors (Lipinski definition) is 1. The van der Waals surface area contributed by atoms with E-state index >= 15 is 0 Å². The number of carbonyl (C=O) groups is 1. The summed E-state index contributed by atoms with van der Waals surface area (Å²) in [5, 5.41) is 4.18. The summed E-state index contributed by atoms with van der Waals surface area (Å²) in [5.41, 5.74) is 3.57. The van der Waals surface area contributed by atoms with Crippen LogP contribution in [0.3, 0.4) is 0 Å². The first-order chi connectivity index (χ1) is 11.5. The highest BCUT2D eigenvalue weighted by atomic mass is 35.5. The van der Waals surface area contributed by atoms with Gasteiger partial charge in [0.05, 0.1) is 12.6 Å². The molecule has 0 aliphatic carbocycles. The lowest BCUT2D eigenvalue weighted by Gasteiger charge is -2.28. The molecule has 1 N–H and O–H groups in total. The van der Waals surface area contributed by atoms with Gasteiger partial charge in [-0.15, -0.1) is 0 Å². The summed E-state index contributed by atoms with van der Waals surface area (Å²) in [6.45, 7) is 4.04. The van der Waals surface area contributed by atoms with Crippen molar-refractivity contribution in [2.24, 2.45) is 0 Å². The molecule has 0 fully saturated rings. The van der Waals surface area contributed by atoms with E-state index in [9.17, 15) is 4.79 Å². The minimum atomic E-state index is -0.153. The van der Waals surface area contributed by atoms with Crippen LogP contribution in [0, 0.1) is 0 Å². The predicted molar refractivity (Wildman–Crippen MR) is 98.4 cm³/mol. The normalized spacial score (nSPS) is 15.6. The molecule has 126 valence electrons. The molecule has 1 aliphatic heterocycles. The van der Waals surface area contributed by atoms with Gasteiger partial charge in [-0.25, -0.2) is 0 Å². The average Bonchev–Trinajstić information content (AvgIpc) is 2.54. The molecule has 0 spiro atoms. The number of halogens is 2. The van der Waals surface area contributed by atoms with Crippen molar-refractivity contribution in [2.45, 2.75) is 25.9 Å². The first-order valence-electron chi connectivity index (χ1n) is 8.06. The first-order valence-corrected chi connectivity index (χ1v) is 8.82. The second kappa shape index (κ2) is 7.56. The smallest absolute Gasteiger partial charge is 0.234 e. The van der Waals surface area contributed by atoms with Gasteiger partial charge in [-0.05, 0) is 42.2 Å². The molecule has 0 saturated heterocycles. The monoisotopic (exact) mass is 362 g/mol. The molecule has 1 unspecified atom stereocenters. The van der Waals surface area contributed by atoms with E-state index in [2.05, 4.69) is 28.4 Å². The van der Waals surface area contributed by atoms with Crippen LogP contribution in [-0.2, 0) is 17.8 Å². The van der Waals surface area contributed by atoms with Crippen molar-refractivity contribution in [2.75, 3.05) is 13.1 Å². The number of amides is 1. The number of nitrogens with zero attached hydrogens (tertiary/aromatic N) is 1. The Morgan fingerprint density at radius 1 is 1.21 bits per heavy atom. The maximum atomic E-state index is 12.4. The molecule has 0 aromatic heterocycles. The molecule has 2 aromatic rings. The van der Waals surface area contributed by atoms with E-state index in [1.54, 1.807) is 12.1 Å². The highest BCUT2D eigenvalue weighted by Gasteiger charge is 2.19. The maximum absolute atomic E-state index is 12.4. The summed E-state index contributed by atoms with van der Waals surface area (Å²) in [4.78, 5) is 14.5. The standard InChI is InChI=1S/C19H20Cl2N2O/c1-13(17-7-6-16(20)10-18(17)21)22-19(24)12-23-9-8-14-4-2-3-5-15(14)11-23/h2-7,10,13H,8-9,11-12H2,1H3,(H,22,24). The molecule has 1 aliphatic rings. The highest BCUT2D eigenvalue weighted by Crippen LogP contribution is 2.26. The molecule has 1 heterocycles. The van der Waals surface area contributed by atoms with Crippen LogP contribution in [0.4, 0.5) is 0 Å². The minimum Gasteiger partial charge on any atom is -0.348 e. The van der Waals surface area contributed by atoms with E-state index < -0.39 is 0 Å². The number of fused-ring (bicyclic) bond motifs is 1. The fourth-order valence-electron chi connectivity index (χ4n) is 3.11. The van der Waals surface area contributed by atoms with E-state index in [-0.39, 0.29) is 11.9 Å². The Morgan fingerprint density at radius 2 is 1.96 bits per heavy atom. The summed E-state index contributed by atoms with van der Waals surface area (Å²) >= 11 is 12.1. The Morgan fingerprint density at radius 3 is 2.71 bits per heavy atom. The fourth-order valence-corrected chi connectivity index (χ4v) is 3.68. The fraction of sp³-hybridized carbons (Fsp3) is 0.316. The number of benzene rings is 2. The van der Waals surface area contributed by atoms with Crippen LogP contribution >= 0.6 is 23.2 Å². The van der Waals surface area contributed by atoms with Crippen LogP contribution in [0.5, 0.6) is 0 Å². The molecule has 0 radical (unpaired) electrons. The van der Waals surface area contributed by atoms with Gasteiger partial charge in [0.15, 0.2) is 0 Å². The number of nitrogens with one attached hydrogen (secondary N) is 1. The third-order valence-electron chi connectivity index (χ3n) is 4.38. The van der Waals surface area contributed by atoms with Crippen LogP contribution in [0.2, 0.25) is 10.0 Å². The van der Waals surface area contributed by atoms with Crippen LogP contribution < -0.4 is 5.32 Å². The zero-order chi connectivity index (χ0) is 17.1. The molecule has 5 heteroatoms. The molecule has 24 heavy (non-hydrogen) atoms. The lowest BCUT2D eigenvalue weighted by Crippen LogP contribution is -2.40. The van der Waals surface area contributed by atoms with Gasteiger partial charge in [0, 0.05) is 23.1 Å². The van der Waals surface area contributed by atoms with Crippen LogP contribution in [-0.4, -0.2) is 23.9 Å². The number of hydrogen-bond acceptors (Lipinski definition) is 2. The molecule has 3 nitrogen and oxygen atoms in total. The third kappa shape index (κ3) is 4.10. The van der Waals surface area contributed by atoms with Crippen LogP contribution in [0.1, 0.15) is 29.7 Å². The van der Waals surface area contributed by atoms with E-state index in [0.717, 1.165) is 25.1 Å². The van der Waals surface area contributed by atoms with Gasteiger partial charge in [0.25, 0.3) is 0 Å². The molecular weight excluding hydrogens is 343 g/mol. The summed E-state index contributed by atoms with van der Waals surface area (Å²) in [6.07, 6.45) is 0.988. The van der Waals surface area contributed by atoms with E-state index in [4.69, 9.17) is 23.2 Å². The SMILES string of the molecule is CC(NC(=O)CN1CCc2ccccc2C1)c1ccc(Cl)cc1Cl. The summed E-state index contributed by atoms with van der Waals surface area (Å²) < 4.78 is 0. The average molecular weight is 363 g/mol. The Balaban J connectivity index is 1.58. The van der Waals surface area contributed by atoms with Gasteiger partial charge in [0.2, 0.25) is 5.91 Å². The van der Waals surface area contributed by atoms with Gasteiger partial charge in [-0.2, -0.15) is 0 Å². The van der Waals surface area contributed by atoms with Crippen molar-refractivity contribution in [3.63, 3.8) is 0 Å². The molecule has 0 bridgehead atoms. The van der Waals surface area contributed by atoms with E-state index in [0.29, 0.717) is 16.6 Å². The Hall–Kier alpha value is -1.55. The molecule has 0 saturated carbocycles. The molecule has 3 rings (SSSR count). The second-order valence-corrected chi connectivity index (χ2v) is 7.03. The summed E-state index contributed by atoms with van der Waals surface area (Å²) in [6, 6.07) is 13.6. The second-order valence-electron chi connectivity index (χ2n) is 6.18. The minimum absolute atomic E-state index is 0.00731. The van der Waals surface area contributed by atoms with Crippen molar-refractivity contribution < 1.29 is 4.79 Å². The first kappa shape index (κ1) is 17.3. The lowest BCUT2D eigenvalue weighted by molar-refractivity contribution is -0.123. The molecule has 1 atom stereocenters. The quantitative estimate of drug-likeness (QED) is 0.882. The Labute approximate surface area is 152 Å². The predicted octanol–water partition coefficient (Wildman–Crippen LogP) is 4.23. The molecule has 1 amide bonds. The van der Waals surface area contributed by atoms with Gasteiger partial charge >= 0.3 is 0 Å². The van der Waals surface area contributed by atoms with Gasteiger partial charge in [-0.1, -0.05) is 53.5 Å². The maximum Gasteiger partial charge on any atom is 0.234 e. The van der Waals surface area contributed by atoms with Gasteiger partial charge in [-0.3, -0.25) is 9.69 Å². The van der Waals surface area contributed by atoms with Crippen LogP contribution in [0.25, 0.3) is 0 Å². The van der Waals surface area contributed by atoms with Crippen molar-refractivity contribution >= 4 is 29.1 Å². The number of rotatable bonds is 4. The van der Waals surface area contributed by atoms with Crippen molar-refractivity contribution in [3.8, 4) is 0 Å². The summed E-state index contributed by atoms with van der Waals surface area (Å²) in [7, 11) is 0. The van der Waals surface area contributed by atoms with Crippen molar-refractivity contribution in [3.05, 3.63) is 69.2 Å². The zero-order valence-electron chi connectivity index (χ0n) is 13.6. The molecule has 2 aromatic carbocycles. The van der Waals surface area contributed by atoms with Crippen LogP contribution in [0.15, 0.2) is 42.5 Å². The zero-order valence-corrected chi connectivity index (χ0v) is 15.1. The third-order valence-corrected chi connectivity index (χ3v) is 4.95. The molecular formula is C19H20Cl2N2O. The largest absolute Gasteiger partial charge is 0.348 e. The van der Waals surface area contributed by atoms with E-state index in [1.165, 1.54) is 11.1 Å². The summed E-state index contributed by atoms with van der Waals surface area (Å²) in [5.74, 6) is 0.00731. The van der Waals surface area contributed by atoms with Gasteiger partial charge < -0.3 is 5.32 Å². The topological polar surface area (TPSA) is 32.3 Å². The Bertz CT molecular complexity index is 748.